The smallest absolute Gasteiger partial charge is 0.255 e. The summed E-state index contributed by atoms with van der Waals surface area (Å²) >= 11 is 5.68. The highest BCUT2D eigenvalue weighted by Gasteiger charge is 2.34. The number of pyridine rings is 1. The average Bonchev–Trinajstić information content (AvgIpc) is 2.61. The van der Waals surface area contributed by atoms with Crippen LogP contribution in [-0.2, 0) is 10.0 Å². The summed E-state index contributed by atoms with van der Waals surface area (Å²) in [6.07, 6.45) is 1.34. The lowest BCUT2D eigenvalue weighted by Gasteiger charge is -2.34. The standard InChI is InChI=1S/C16H14ClF2N3O3S/c17-14-5-4-11(10-20-14)16(23)21-6-8-22(9-7-21)26(24,25)15-12(18)2-1-3-13(15)19/h1-5,10H,6-9H2. The van der Waals surface area contributed by atoms with Gasteiger partial charge in [-0.15, -0.1) is 0 Å². The molecule has 2 heterocycles. The van der Waals surface area contributed by atoms with Crippen LogP contribution in [0.2, 0.25) is 5.15 Å². The van der Waals surface area contributed by atoms with Crippen LogP contribution >= 0.6 is 11.6 Å². The van der Waals surface area contributed by atoms with E-state index in [1.165, 1.54) is 23.2 Å². The molecule has 0 spiro atoms. The molecule has 0 atom stereocenters. The summed E-state index contributed by atoms with van der Waals surface area (Å²) in [4.78, 5) is 16.7. The van der Waals surface area contributed by atoms with Crippen LogP contribution in [0.15, 0.2) is 41.4 Å². The number of aromatic nitrogens is 1. The summed E-state index contributed by atoms with van der Waals surface area (Å²) < 4.78 is 53.7. The van der Waals surface area contributed by atoms with Gasteiger partial charge in [0.25, 0.3) is 5.91 Å². The molecule has 0 bridgehead atoms. The first-order valence-electron chi connectivity index (χ1n) is 7.65. The highest BCUT2D eigenvalue weighted by atomic mass is 35.5. The van der Waals surface area contributed by atoms with E-state index < -0.39 is 26.6 Å². The number of hydrogen-bond donors (Lipinski definition) is 0. The fourth-order valence-electron chi connectivity index (χ4n) is 2.67. The van der Waals surface area contributed by atoms with Crippen molar-refractivity contribution in [2.75, 3.05) is 26.2 Å². The van der Waals surface area contributed by atoms with E-state index in [2.05, 4.69) is 4.98 Å². The van der Waals surface area contributed by atoms with Crippen molar-refractivity contribution in [2.45, 2.75) is 4.90 Å². The molecule has 26 heavy (non-hydrogen) atoms. The fourth-order valence-corrected chi connectivity index (χ4v) is 4.32. The van der Waals surface area contributed by atoms with Crippen LogP contribution in [0, 0.1) is 11.6 Å². The molecule has 138 valence electrons. The maximum Gasteiger partial charge on any atom is 0.255 e. The molecule has 0 aliphatic carbocycles. The first kappa shape index (κ1) is 18.7. The normalized spacial score (nSPS) is 15.9. The van der Waals surface area contributed by atoms with E-state index >= 15 is 0 Å². The third-order valence-electron chi connectivity index (χ3n) is 4.02. The Balaban J connectivity index is 1.74. The number of amides is 1. The van der Waals surface area contributed by atoms with Crippen molar-refractivity contribution in [3.05, 3.63) is 58.9 Å². The molecule has 1 aromatic heterocycles. The van der Waals surface area contributed by atoms with E-state index in [-0.39, 0.29) is 37.2 Å². The van der Waals surface area contributed by atoms with Gasteiger partial charge in [-0.3, -0.25) is 4.79 Å². The zero-order chi connectivity index (χ0) is 18.9. The summed E-state index contributed by atoms with van der Waals surface area (Å²) in [5, 5.41) is 0.254. The summed E-state index contributed by atoms with van der Waals surface area (Å²) in [6.45, 7) is 0.0548. The average molecular weight is 402 g/mol. The van der Waals surface area contributed by atoms with Gasteiger partial charge in [-0.1, -0.05) is 17.7 Å². The second kappa shape index (κ2) is 7.26. The quantitative estimate of drug-likeness (QED) is 0.739. The Hall–Kier alpha value is -2.10. The fraction of sp³-hybridized carbons (Fsp3) is 0.250. The van der Waals surface area contributed by atoms with Crippen molar-refractivity contribution in [3.8, 4) is 0 Å². The van der Waals surface area contributed by atoms with Crippen molar-refractivity contribution >= 4 is 27.5 Å². The molecule has 10 heteroatoms. The van der Waals surface area contributed by atoms with Gasteiger partial charge < -0.3 is 4.90 Å². The van der Waals surface area contributed by atoms with Crippen molar-refractivity contribution in [1.82, 2.24) is 14.2 Å². The number of halogens is 3. The predicted molar refractivity (Wildman–Crippen MR) is 90.3 cm³/mol. The molecule has 1 fully saturated rings. The molecule has 0 radical (unpaired) electrons. The number of rotatable bonds is 3. The van der Waals surface area contributed by atoms with Gasteiger partial charge in [-0.2, -0.15) is 4.31 Å². The largest absolute Gasteiger partial charge is 0.336 e. The second-order valence-electron chi connectivity index (χ2n) is 5.62. The Labute approximate surface area is 154 Å². The number of carbonyl (C=O) groups is 1. The van der Waals surface area contributed by atoms with Crippen molar-refractivity contribution < 1.29 is 22.0 Å². The van der Waals surface area contributed by atoms with Crippen LogP contribution < -0.4 is 0 Å². The van der Waals surface area contributed by atoms with Gasteiger partial charge in [-0.05, 0) is 24.3 Å². The van der Waals surface area contributed by atoms with Crippen LogP contribution in [0.1, 0.15) is 10.4 Å². The van der Waals surface area contributed by atoms with E-state index in [0.717, 1.165) is 22.5 Å². The Kier molecular flexibility index (Phi) is 5.22. The molecule has 2 aromatic rings. The molecule has 1 saturated heterocycles. The van der Waals surface area contributed by atoms with Crippen molar-refractivity contribution in [1.29, 1.82) is 0 Å². The van der Waals surface area contributed by atoms with Crippen LogP contribution in [0.5, 0.6) is 0 Å². The van der Waals surface area contributed by atoms with Gasteiger partial charge in [0, 0.05) is 32.4 Å². The molecule has 1 aliphatic heterocycles. The van der Waals surface area contributed by atoms with Gasteiger partial charge in [0.1, 0.15) is 16.8 Å². The van der Waals surface area contributed by atoms with E-state index in [9.17, 15) is 22.0 Å². The summed E-state index contributed by atoms with van der Waals surface area (Å²) in [7, 11) is -4.33. The molecular weight excluding hydrogens is 388 g/mol. The van der Waals surface area contributed by atoms with Crippen LogP contribution in [-0.4, -0.2) is 54.7 Å². The summed E-state index contributed by atoms with van der Waals surface area (Å²) in [5.74, 6) is -2.60. The lowest BCUT2D eigenvalue weighted by molar-refractivity contribution is 0.0697. The molecule has 0 unspecified atom stereocenters. The van der Waals surface area contributed by atoms with Gasteiger partial charge >= 0.3 is 0 Å². The first-order valence-corrected chi connectivity index (χ1v) is 9.47. The topological polar surface area (TPSA) is 70.6 Å². The van der Waals surface area contributed by atoms with Gasteiger partial charge in [0.15, 0.2) is 4.90 Å². The molecule has 1 amide bonds. The number of hydrogen-bond acceptors (Lipinski definition) is 4. The van der Waals surface area contributed by atoms with Gasteiger partial charge in [0.2, 0.25) is 10.0 Å². The zero-order valence-electron chi connectivity index (χ0n) is 13.4. The van der Waals surface area contributed by atoms with Crippen LogP contribution in [0.4, 0.5) is 8.78 Å². The minimum atomic E-state index is -4.33. The third-order valence-corrected chi connectivity index (χ3v) is 6.19. The third kappa shape index (κ3) is 3.55. The Morgan fingerprint density at radius 2 is 1.65 bits per heavy atom. The van der Waals surface area contributed by atoms with Crippen LogP contribution in [0.25, 0.3) is 0 Å². The minimum Gasteiger partial charge on any atom is -0.336 e. The minimum absolute atomic E-state index is 0.0666. The van der Waals surface area contributed by atoms with Gasteiger partial charge in [0.05, 0.1) is 5.56 Å². The lowest BCUT2D eigenvalue weighted by Crippen LogP contribution is -2.50. The highest BCUT2D eigenvalue weighted by molar-refractivity contribution is 7.89. The Morgan fingerprint density at radius 3 is 2.19 bits per heavy atom. The van der Waals surface area contributed by atoms with Crippen molar-refractivity contribution in [2.24, 2.45) is 0 Å². The highest BCUT2D eigenvalue weighted by Crippen LogP contribution is 2.24. The molecule has 1 aromatic carbocycles. The summed E-state index contributed by atoms with van der Waals surface area (Å²) in [5.41, 5.74) is 0.325. The maximum atomic E-state index is 13.8. The molecular formula is C16H14ClF2N3O3S. The number of piperazine rings is 1. The SMILES string of the molecule is O=C(c1ccc(Cl)nc1)N1CCN(S(=O)(=O)c2c(F)cccc2F)CC1. The number of sulfonamides is 1. The number of nitrogens with zero attached hydrogens (tertiary/aromatic N) is 3. The second-order valence-corrected chi connectivity index (χ2v) is 7.88. The Morgan fingerprint density at radius 1 is 1.04 bits per heavy atom. The zero-order valence-corrected chi connectivity index (χ0v) is 15.0. The maximum absolute atomic E-state index is 13.8. The number of benzene rings is 1. The molecule has 0 saturated carbocycles. The Bertz CT molecular complexity index is 910. The molecule has 3 rings (SSSR count). The first-order chi connectivity index (χ1) is 12.3. The van der Waals surface area contributed by atoms with Crippen molar-refractivity contribution in [3.63, 3.8) is 0 Å². The predicted octanol–water partition coefficient (Wildman–Crippen LogP) is 2.16. The van der Waals surface area contributed by atoms with E-state index in [0.29, 0.717) is 5.56 Å². The monoisotopic (exact) mass is 401 g/mol. The molecule has 1 aliphatic rings. The number of carbonyl (C=O) groups excluding carboxylic acids is 1. The van der Waals surface area contributed by atoms with Gasteiger partial charge in [-0.25, -0.2) is 22.2 Å². The van der Waals surface area contributed by atoms with E-state index in [1.54, 1.807) is 0 Å². The summed E-state index contributed by atoms with van der Waals surface area (Å²) in [6, 6.07) is 5.89. The van der Waals surface area contributed by atoms with Crippen LogP contribution in [0.3, 0.4) is 0 Å². The lowest BCUT2D eigenvalue weighted by atomic mass is 10.2. The molecule has 6 nitrogen and oxygen atoms in total. The van der Waals surface area contributed by atoms with E-state index in [1.807, 2.05) is 0 Å². The van der Waals surface area contributed by atoms with E-state index in [4.69, 9.17) is 11.6 Å². The molecule has 0 N–H and O–H groups in total.